The zero-order valence-electron chi connectivity index (χ0n) is 15.2. The lowest BCUT2D eigenvalue weighted by atomic mass is 9.97. The van der Waals surface area contributed by atoms with E-state index in [1.165, 1.54) is 12.5 Å². The number of carbonyl (C=O) groups is 2. The number of hydrogen-bond donors (Lipinski definition) is 3. The van der Waals surface area contributed by atoms with Gasteiger partial charge in [-0.05, 0) is 0 Å². The van der Waals surface area contributed by atoms with E-state index < -0.39 is 29.0 Å². The van der Waals surface area contributed by atoms with E-state index in [9.17, 15) is 18.0 Å². The lowest BCUT2D eigenvalue weighted by molar-refractivity contribution is -0.134. The van der Waals surface area contributed by atoms with Crippen LogP contribution in [0.2, 0.25) is 0 Å². The molecule has 1 aromatic rings. The third-order valence-corrected chi connectivity index (χ3v) is 4.76. The molecule has 15 heteroatoms. The third kappa shape index (κ3) is 3.64. The zero-order valence-corrected chi connectivity index (χ0v) is 16.0. The normalized spacial score (nSPS) is 21.7. The number of aryl methyl sites for hydroxylation is 1. The molecule has 2 aliphatic heterocycles. The highest BCUT2D eigenvalue weighted by Gasteiger charge is 2.49. The van der Waals surface area contributed by atoms with Gasteiger partial charge >= 0.3 is 16.4 Å². The summed E-state index contributed by atoms with van der Waals surface area (Å²) < 4.78 is 34.6. The van der Waals surface area contributed by atoms with Crippen LogP contribution in [0, 0.1) is 0 Å². The minimum absolute atomic E-state index is 0.116. The van der Waals surface area contributed by atoms with Crippen molar-refractivity contribution < 1.29 is 31.7 Å². The van der Waals surface area contributed by atoms with Gasteiger partial charge in [0.05, 0.1) is 17.9 Å². The Labute approximate surface area is 159 Å². The van der Waals surface area contributed by atoms with Crippen LogP contribution in [0.25, 0.3) is 0 Å². The fourth-order valence-electron chi connectivity index (χ4n) is 3.25. The van der Waals surface area contributed by atoms with Crippen LogP contribution in [0.1, 0.15) is 23.3 Å². The van der Waals surface area contributed by atoms with E-state index in [0.717, 1.165) is 11.3 Å². The Balaban J connectivity index is 1.72. The molecule has 0 spiro atoms. The summed E-state index contributed by atoms with van der Waals surface area (Å²) >= 11 is 0. The summed E-state index contributed by atoms with van der Waals surface area (Å²) in [5, 5.41) is 4.27. The molecular formula is C13H19N7O7S. The topological polar surface area (TPSA) is 168 Å². The molecule has 3 rings (SSSR count). The molecule has 2 bridgehead atoms. The number of aliphatic imine (C=N–C) groups is 1. The Morgan fingerprint density at radius 2 is 2.14 bits per heavy atom. The third-order valence-electron chi connectivity index (χ3n) is 4.47. The number of nitrogens with one attached hydrogen (secondary N) is 2. The number of hydroxylamine groups is 2. The molecule has 2 atom stereocenters. The molecule has 154 valence electrons. The molecular weight excluding hydrogens is 398 g/mol. The quantitative estimate of drug-likeness (QED) is 0.211. The van der Waals surface area contributed by atoms with Crippen molar-refractivity contribution in [1.82, 2.24) is 30.5 Å². The highest BCUT2D eigenvalue weighted by atomic mass is 32.3. The predicted octanol–water partition coefficient (Wildman–Crippen LogP) is -1.72. The molecule has 0 radical (unpaired) electrons. The molecule has 3 N–H and O–H groups in total. The monoisotopic (exact) mass is 417 g/mol. The zero-order chi connectivity index (χ0) is 20.6. The molecule has 3 amide bonds. The molecule has 0 unspecified atom stereocenters. The second-order valence-electron chi connectivity index (χ2n) is 6.11. The number of rotatable bonds is 6. The van der Waals surface area contributed by atoms with Gasteiger partial charge < -0.3 is 9.80 Å². The van der Waals surface area contributed by atoms with E-state index in [4.69, 9.17) is 9.39 Å². The Bertz CT molecular complexity index is 928. The molecule has 0 saturated carbocycles. The van der Waals surface area contributed by atoms with Crippen molar-refractivity contribution in [3.05, 3.63) is 17.5 Å². The number of amidine groups is 1. The maximum absolute atomic E-state index is 12.6. The Morgan fingerprint density at radius 1 is 1.43 bits per heavy atom. The highest BCUT2D eigenvalue weighted by molar-refractivity contribution is 7.80. The van der Waals surface area contributed by atoms with Crippen LogP contribution in [0.5, 0.6) is 0 Å². The van der Waals surface area contributed by atoms with E-state index >= 15 is 0 Å². The number of carbonyl (C=O) groups excluding carboxylic acids is 2. The smallest absolute Gasteiger partial charge is 0.319 e. The first-order valence-corrected chi connectivity index (χ1v) is 9.35. The number of urea groups is 1. The van der Waals surface area contributed by atoms with Gasteiger partial charge in [-0.1, -0.05) is 0 Å². The Kier molecular flexibility index (Phi) is 5.24. The highest BCUT2D eigenvalue weighted by Crippen LogP contribution is 2.42. The number of nitrogens with zero attached hydrogens (tertiary/aromatic N) is 5. The summed E-state index contributed by atoms with van der Waals surface area (Å²) in [5.74, 6) is -0.738. The molecule has 0 aromatic carbocycles. The second-order valence-corrected chi connectivity index (χ2v) is 7.13. The minimum Gasteiger partial charge on any atom is -0.319 e. The maximum Gasteiger partial charge on any atom is 0.418 e. The van der Waals surface area contributed by atoms with Crippen molar-refractivity contribution >= 4 is 28.2 Å². The molecule has 0 aliphatic carbocycles. The van der Waals surface area contributed by atoms with Crippen LogP contribution in [-0.2, 0) is 31.4 Å². The maximum atomic E-state index is 12.6. The number of hydrogen-bond acceptors (Lipinski definition) is 8. The van der Waals surface area contributed by atoms with Crippen LogP contribution >= 0.6 is 0 Å². The van der Waals surface area contributed by atoms with Gasteiger partial charge in [-0.2, -0.15) is 13.5 Å². The number of aromatic nitrogens is 2. The van der Waals surface area contributed by atoms with Crippen molar-refractivity contribution in [2.45, 2.75) is 12.1 Å². The fraction of sp³-hybridized carbons (Fsp3) is 0.538. The van der Waals surface area contributed by atoms with Gasteiger partial charge in [0.25, 0.3) is 5.91 Å². The van der Waals surface area contributed by atoms with Gasteiger partial charge in [-0.15, -0.1) is 4.28 Å². The minimum atomic E-state index is -4.82. The Morgan fingerprint density at radius 3 is 2.79 bits per heavy atom. The molecule has 1 fully saturated rings. The van der Waals surface area contributed by atoms with Crippen molar-refractivity contribution in [2.24, 2.45) is 12.0 Å². The number of fused-ring (bicyclic) bond motifs is 4. The molecule has 28 heavy (non-hydrogen) atoms. The molecule has 14 nitrogen and oxygen atoms in total. The summed E-state index contributed by atoms with van der Waals surface area (Å²) in [5.41, 5.74) is 5.64. The average Bonchev–Trinajstić information content (AvgIpc) is 3.13. The lowest BCUT2D eigenvalue weighted by Gasteiger charge is -2.32. The largest absolute Gasteiger partial charge is 0.418 e. The standard InChI is InChI=1S/C13H19N7O7S/c1-14-12(17-26-6-9(21)16-27-28(23,24)25)11-10-7(4-15-19(10)3)8-5-20(11)13(22)18(8)2/h4,8,11H,5-6H2,1-3H3,(H,14,17)(H,16,21)(H,23,24,25)/t8-,11-/m0/s1. The van der Waals surface area contributed by atoms with Gasteiger partial charge in [0, 0.05) is 33.3 Å². The van der Waals surface area contributed by atoms with Crippen LogP contribution in [0.4, 0.5) is 4.79 Å². The molecule has 1 saturated heterocycles. The first-order chi connectivity index (χ1) is 13.1. The van der Waals surface area contributed by atoms with Crippen LogP contribution in [0.3, 0.4) is 0 Å². The molecule has 3 heterocycles. The van der Waals surface area contributed by atoms with Gasteiger partial charge in [-0.3, -0.25) is 29.3 Å². The van der Waals surface area contributed by atoms with Crippen LogP contribution in [0.15, 0.2) is 11.2 Å². The van der Waals surface area contributed by atoms with Gasteiger partial charge in [0.1, 0.15) is 11.9 Å². The lowest BCUT2D eigenvalue weighted by Crippen LogP contribution is -2.45. The number of amides is 3. The Hall–Kier alpha value is -2.75. The second kappa shape index (κ2) is 7.34. The first-order valence-electron chi connectivity index (χ1n) is 7.98. The van der Waals surface area contributed by atoms with Crippen molar-refractivity contribution in [3.63, 3.8) is 0 Å². The van der Waals surface area contributed by atoms with E-state index in [1.54, 1.807) is 34.8 Å². The van der Waals surface area contributed by atoms with E-state index in [1.807, 2.05) is 0 Å². The van der Waals surface area contributed by atoms with Gasteiger partial charge in [0.15, 0.2) is 6.61 Å². The summed E-state index contributed by atoms with van der Waals surface area (Å²) in [6, 6.07) is -0.915. The van der Waals surface area contributed by atoms with Gasteiger partial charge in [-0.25, -0.2) is 10.3 Å². The number of likely N-dealkylation sites (N-methyl/N-ethyl adjacent to an activating group) is 1. The first kappa shape index (κ1) is 20.0. The van der Waals surface area contributed by atoms with Gasteiger partial charge in [0.2, 0.25) is 0 Å². The van der Waals surface area contributed by atoms with Crippen molar-refractivity contribution in [1.29, 1.82) is 0 Å². The van der Waals surface area contributed by atoms with Crippen molar-refractivity contribution in [2.75, 3.05) is 27.2 Å². The fourth-order valence-corrected chi connectivity index (χ4v) is 3.45. The summed E-state index contributed by atoms with van der Waals surface area (Å²) in [6.45, 7) is -0.210. The van der Waals surface area contributed by atoms with Crippen LogP contribution < -0.4 is 11.0 Å². The van der Waals surface area contributed by atoms with E-state index in [2.05, 4.69) is 19.9 Å². The molecule has 2 aliphatic rings. The van der Waals surface area contributed by atoms with Crippen molar-refractivity contribution in [3.8, 4) is 0 Å². The predicted molar refractivity (Wildman–Crippen MR) is 91.8 cm³/mol. The summed E-state index contributed by atoms with van der Waals surface area (Å²) in [7, 11) is 0.117. The molecule has 1 aromatic heterocycles. The summed E-state index contributed by atoms with van der Waals surface area (Å²) in [4.78, 5) is 36.4. The van der Waals surface area contributed by atoms with Crippen LogP contribution in [-0.4, -0.2) is 77.6 Å². The van der Waals surface area contributed by atoms with E-state index in [0.29, 0.717) is 6.54 Å². The SMILES string of the molecule is CN=C(NOCC(=O)NOS(=O)(=O)O)[C@@H]1c2c(cnn2C)[C@@H]2CN1C(=O)N2C. The van der Waals surface area contributed by atoms with E-state index in [-0.39, 0.29) is 17.9 Å². The average molecular weight is 417 g/mol. The summed E-state index contributed by atoms with van der Waals surface area (Å²) in [6.07, 6.45) is 1.70.